The highest BCUT2D eigenvalue weighted by Gasteiger charge is 2.38. The number of amides is 2. The molecule has 136 valence electrons. The first-order valence-electron chi connectivity index (χ1n) is 8.33. The summed E-state index contributed by atoms with van der Waals surface area (Å²) in [5.74, 6) is -1.65. The van der Waals surface area contributed by atoms with Crippen molar-refractivity contribution in [3.8, 4) is 0 Å². The lowest BCUT2D eigenvalue weighted by atomic mass is 10.1. The minimum atomic E-state index is -4.50. The van der Waals surface area contributed by atoms with E-state index >= 15 is 0 Å². The van der Waals surface area contributed by atoms with Crippen LogP contribution in [0.1, 0.15) is 31.2 Å². The number of hydrogen-bond acceptors (Lipinski definition) is 3. The number of carbonyl (C=O) groups excluding carboxylic acids is 2. The van der Waals surface area contributed by atoms with Crippen molar-refractivity contribution < 1.29 is 22.8 Å². The van der Waals surface area contributed by atoms with Gasteiger partial charge in [0.15, 0.2) is 0 Å². The third-order valence-corrected chi connectivity index (χ3v) is 4.82. The molecule has 0 unspecified atom stereocenters. The lowest BCUT2D eigenvalue weighted by Gasteiger charge is -2.33. The summed E-state index contributed by atoms with van der Waals surface area (Å²) in [5.41, 5.74) is 5.28. The van der Waals surface area contributed by atoms with Gasteiger partial charge in [0.05, 0.1) is 22.9 Å². The van der Waals surface area contributed by atoms with Crippen LogP contribution in [0.5, 0.6) is 0 Å². The molecule has 0 aromatic heterocycles. The van der Waals surface area contributed by atoms with Crippen molar-refractivity contribution in [1.82, 2.24) is 0 Å². The van der Waals surface area contributed by atoms with Gasteiger partial charge in [-0.2, -0.15) is 13.2 Å². The van der Waals surface area contributed by atoms with E-state index in [0.717, 1.165) is 44.5 Å². The summed E-state index contributed by atoms with van der Waals surface area (Å²) in [5, 5.41) is 0. The number of primary amides is 1. The number of hydrogen-bond donors (Lipinski definition) is 1. The molecule has 2 amide bonds. The molecule has 0 saturated carbocycles. The second-order valence-electron chi connectivity index (χ2n) is 6.56. The molecule has 0 bridgehead atoms. The summed E-state index contributed by atoms with van der Waals surface area (Å²) in [4.78, 5) is 27.0. The fraction of sp³-hybridized carbons (Fsp3) is 0.529. The Labute approximate surface area is 143 Å². The van der Waals surface area contributed by atoms with E-state index in [-0.39, 0.29) is 24.6 Å². The molecule has 2 N–H and O–H groups in total. The van der Waals surface area contributed by atoms with E-state index in [1.54, 1.807) is 0 Å². The number of anilines is 2. The van der Waals surface area contributed by atoms with Gasteiger partial charge in [0.1, 0.15) is 0 Å². The molecule has 2 aliphatic heterocycles. The molecule has 2 saturated heterocycles. The van der Waals surface area contributed by atoms with Crippen LogP contribution in [0.15, 0.2) is 18.2 Å². The van der Waals surface area contributed by atoms with Crippen molar-refractivity contribution in [3.05, 3.63) is 23.8 Å². The minimum absolute atomic E-state index is 0.0241. The molecular formula is C17H20F3N3O2. The van der Waals surface area contributed by atoms with E-state index < -0.39 is 23.6 Å². The predicted molar refractivity (Wildman–Crippen MR) is 87.2 cm³/mol. The van der Waals surface area contributed by atoms with E-state index in [2.05, 4.69) is 0 Å². The summed E-state index contributed by atoms with van der Waals surface area (Å²) >= 11 is 0. The number of benzene rings is 1. The number of rotatable bonds is 3. The second kappa shape index (κ2) is 6.57. The van der Waals surface area contributed by atoms with Gasteiger partial charge >= 0.3 is 6.18 Å². The Morgan fingerprint density at radius 1 is 1.12 bits per heavy atom. The van der Waals surface area contributed by atoms with Crippen molar-refractivity contribution in [2.75, 3.05) is 29.4 Å². The van der Waals surface area contributed by atoms with Crippen LogP contribution in [0.2, 0.25) is 0 Å². The lowest BCUT2D eigenvalue weighted by molar-refractivity contribution is -0.137. The molecule has 0 aliphatic carbocycles. The zero-order chi connectivity index (χ0) is 18.2. The van der Waals surface area contributed by atoms with Gasteiger partial charge in [0, 0.05) is 26.1 Å². The maximum absolute atomic E-state index is 13.1. The Morgan fingerprint density at radius 3 is 2.36 bits per heavy atom. The average molecular weight is 355 g/mol. The Morgan fingerprint density at radius 2 is 1.80 bits per heavy atom. The van der Waals surface area contributed by atoms with Crippen LogP contribution in [-0.2, 0) is 15.8 Å². The second-order valence-corrected chi connectivity index (χ2v) is 6.56. The highest BCUT2D eigenvalue weighted by Crippen LogP contribution is 2.40. The Kier molecular flexibility index (Phi) is 4.62. The van der Waals surface area contributed by atoms with E-state index in [0.29, 0.717) is 5.69 Å². The topological polar surface area (TPSA) is 66.6 Å². The standard InChI is InChI=1S/C17H20F3N3O2/c18-17(19,20)12-4-5-13(22-6-2-1-3-7-22)14(9-12)23-10-11(16(21)25)8-15(23)24/h4-5,9,11H,1-3,6-8,10H2,(H2,21,25)/t11-/m0/s1. The van der Waals surface area contributed by atoms with E-state index in [9.17, 15) is 22.8 Å². The first-order chi connectivity index (χ1) is 11.8. The highest BCUT2D eigenvalue weighted by atomic mass is 19.4. The average Bonchev–Trinajstić information content (AvgIpc) is 2.96. The van der Waals surface area contributed by atoms with Crippen LogP contribution < -0.4 is 15.5 Å². The third kappa shape index (κ3) is 3.57. The van der Waals surface area contributed by atoms with Crippen LogP contribution in [0.25, 0.3) is 0 Å². The summed E-state index contributed by atoms with van der Waals surface area (Å²) in [6.45, 7) is 1.50. The lowest BCUT2D eigenvalue weighted by Crippen LogP contribution is -2.34. The molecule has 3 rings (SSSR count). The van der Waals surface area contributed by atoms with Crippen LogP contribution in [-0.4, -0.2) is 31.4 Å². The summed E-state index contributed by atoms with van der Waals surface area (Å²) in [6.07, 6.45) is -1.57. The van der Waals surface area contributed by atoms with E-state index in [1.807, 2.05) is 4.90 Å². The Balaban J connectivity index is 2.01. The number of piperidine rings is 1. The zero-order valence-corrected chi connectivity index (χ0v) is 13.7. The van der Waals surface area contributed by atoms with Gasteiger partial charge < -0.3 is 15.5 Å². The molecule has 1 aromatic carbocycles. The monoisotopic (exact) mass is 355 g/mol. The van der Waals surface area contributed by atoms with Crippen molar-refractivity contribution in [2.24, 2.45) is 11.7 Å². The van der Waals surface area contributed by atoms with E-state index in [1.165, 1.54) is 11.0 Å². The van der Waals surface area contributed by atoms with Gasteiger partial charge in [0.2, 0.25) is 11.8 Å². The van der Waals surface area contributed by atoms with Gasteiger partial charge in [-0.1, -0.05) is 0 Å². The van der Waals surface area contributed by atoms with Gasteiger partial charge in [-0.25, -0.2) is 0 Å². The molecule has 2 aliphatic rings. The number of carbonyl (C=O) groups is 2. The smallest absolute Gasteiger partial charge is 0.370 e. The van der Waals surface area contributed by atoms with Gasteiger partial charge in [0.25, 0.3) is 0 Å². The molecule has 1 atom stereocenters. The summed E-state index contributed by atoms with van der Waals surface area (Å²) in [6, 6.07) is 3.47. The van der Waals surface area contributed by atoms with Crippen molar-refractivity contribution in [3.63, 3.8) is 0 Å². The number of nitrogens with zero attached hydrogens (tertiary/aromatic N) is 2. The molecule has 0 radical (unpaired) electrons. The molecule has 25 heavy (non-hydrogen) atoms. The first kappa shape index (κ1) is 17.6. The molecule has 8 heteroatoms. The van der Waals surface area contributed by atoms with Gasteiger partial charge in [-0.3, -0.25) is 9.59 Å². The normalized spacial score (nSPS) is 21.7. The van der Waals surface area contributed by atoms with Crippen molar-refractivity contribution in [1.29, 1.82) is 0 Å². The molecule has 2 fully saturated rings. The Hall–Kier alpha value is -2.25. The fourth-order valence-electron chi connectivity index (χ4n) is 3.45. The maximum Gasteiger partial charge on any atom is 0.416 e. The SMILES string of the molecule is NC(=O)[C@H]1CC(=O)N(c2cc(C(F)(F)F)ccc2N2CCCCC2)C1. The summed E-state index contributed by atoms with van der Waals surface area (Å²) in [7, 11) is 0. The number of halogens is 3. The molecule has 1 aromatic rings. The number of nitrogens with two attached hydrogens (primary N) is 1. The molecular weight excluding hydrogens is 335 g/mol. The van der Waals surface area contributed by atoms with Gasteiger partial charge in [-0.05, 0) is 37.5 Å². The quantitative estimate of drug-likeness (QED) is 0.906. The fourth-order valence-corrected chi connectivity index (χ4v) is 3.45. The van der Waals surface area contributed by atoms with Crippen molar-refractivity contribution in [2.45, 2.75) is 31.9 Å². The van der Waals surface area contributed by atoms with E-state index in [4.69, 9.17) is 5.73 Å². The molecule has 5 nitrogen and oxygen atoms in total. The van der Waals surface area contributed by atoms with Crippen LogP contribution >= 0.6 is 0 Å². The van der Waals surface area contributed by atoms with Crippen LogP contribution in [0.3, 0.4) is 0 Å². The minimum Gasteiger partial charge on any atom is -0.370 e. The largest absolute Gasteiger partial charge is 0.416 e. The summed E-state index contributed by atoms with van der Waals surface area (Å²) < 4.78 is 39.4. The van der Waals surface area contributed by atoms with Crippen LogP contribution in [0.4, 0.5) is 24.5 Å². The maximum atomic E-state index is 13.1. The molecule has 2 heterocycles. The van der Waals surface area contributed by atoms with Gasteiger partial charge in [-0.15, -0.1) is 0 Å². The third-order valence-electron chi connectivity index (χ3n) is 4.82. The Bertz CT molecular complexity index is 684. The highest BCUT2D eigenvalue weighted by molar-refractivity contribution is 6.02. The molecule has 0 spiro atoms. The van der Waals surface area contributed by atoms with Crippen LogP contribution in [0, 0.1) is 5.92 Å². The predicted octanol–water partition coefficient (Wildman–Crippen LogP) is 2.53. The number of alkyl halides is 3. The van der Waals surface area contributed by atoms with Crippen molar-refractivity contribution >= 4 is 23.2 Å². The zero-order valence-electron chi connectivity index (χ0n) is 13.7. The first-order valence-corrected chi connectivity index (χ1v) is 8.33.